The summed E-state index contributed by atoms with van der Waals surface area (Å²) in [5, 5.41) is 8.45. The molecule has 1 fully saturated rings. The molecule has 2 aliphatic heterocycles. The zero-order chi connectivity index (χ0) is 16.4. The number of nitrogens with one attached hydrogen (secondary N) is 1. The van der Waals surface area contributed by atoms with Crippen molar-refractivity contribution in [3.8, 4) is 0 Å². The van der Waals surface area contributed by atoms with E-state index in [1.54, 1.807) is 16.4 Å². The molecule has 8 heteroatoms. The van der Waals surface area contributed by atoms with Gasteiger partial charge in [0, 0.05) is 31.9 Å². The van der Waals surface area contributed by atoms with Crippen molar-refractivity contribution in [2.24, 2.45) is 0 Å². The van der Waals surface area contributed by atoms with Crippen molar-refractivity contribution in [2.45, 2.75) is 32.5 Å². The Morgan fingerprint density at radius 1 is 1.26 bits per heavy atom. The van der Waals surface area contributed by atoms with Crippen LogP contribution in [0.2, 0.25) is 0 Å². The lowest BCUT2D eigenvalue weighted by molar-refractivity contribution is -0.129. The summed E-state index contributed by atoms with van der Waals surface area (Å²) in [7, 11) is 0. The number of thioether (sulfide) groups is 1. The molecule has 1 saturated heterocycles. The quantitative estimate of drug-likeness (QED) is 0.835. The Morgan fingerprint density at radius 2 is 2.00 bits per heavy atom. The number of nitrogens with zero attached hydrogens (tertiary/aromatic N) is 5. The zero-order valence-electron chi connectivity index (χ0n) is 14.0. The molecular weight excluding hydrogens is 312 g/mol. The summed E-state index contributed by atoms with van der Waals surface area (Å²) >= 11 is 1.61. The van der Waals surface area contributed by atoms with E-state index in [1.807, 2.05) is 11.8 Å². The Kier molecular flexibility index (Phi) is 4.91. The largest absolute Gasteiger partial charge is 0.336 e. The normalized spacial score (nSPS) is 18.8. The number of carbonyl (C=O) groups excluding carboxylic acids is 1. The molecule has 1 N–H and O–H groups in total. The Hall–Kier alpha value is -1.54. The average molecular weight is 336 g/mol. The molecule has 7 nitrogen and oxygen atoms in total. The summed E-state index contributed by atoms with van der Waals surface area (Å²) in [6, 6.07) is 0. The second kappa shape index (κ2) is 6.92. The average Bonchev–Trinajstić information content (AvgIpc) is 2.95. The zero-order valence-corrected chi connectivity index (χ0v) is 14.8. The molecule has 0 unspecified atom stereocenters. The first-order valence-corrected chi connectivity index (χ1v) is 9.17. The third-order valence-electron chi connectivity index (χ3n) is 4.35. The maximum atomic E-state index is 12.8. The Balaban J connectivity index is 1.70. The van der Waals surface area contributed by atoms with E-state index in [2.05, 4.69) is 34.1 Å². The number of anilines is 1. The third kappa shape index (κ3) is 3.37. The number of amides is 1. The molecule has 0 bridgehead atoms. The number of allylic oxidation sites excluding steroid dienone is 1. The van der Waals surface area contributed by atoms with Gasteiger partial charge in [0.25, 0.3) is 5.91 Å². The van der Waals surface area contributed by atoms with Crippen LogP contribution in [0.5, 0.6) is 0 Å². The van der Waals surface area contributed by atoms with E-state index in [4.69, 9.17) is 0 Å². The Labute approximate surface area is 141 Å². The van der Waals surface area contributed by atoms with Crippen molar-refractivity contribution in [2.75, 3.05) is 43.8 Å². The first kappa shape index (κ1) is 16.3. The van der Waals surface area contributed by atoms with Gasteiger partial charge in [-0.25, -0.2) is 4.68 Å². The number of likely N-dealkylation sites (N-methyl/N-ethyl adjacent to an activating group) is 1. The van der Waals surface area contributed by atoms with Crippen molar-refractivity contribution in [3.05, 3.63) is 11.3 Å². The van der Waals surface area contributed by atoms with E-state index >= 15 is 0 Å². The molecule has 2 aliphatic rings. The Morgan fingerprint density at radius 3 is 2.65 bits per heavy atom. The van der Waals surface area contributed by atoms with E-state index in [0.29, 0.717) is 6.54 Å². The van der Waals surface area contributed by atoms with Crippen molar-refractivity contribution < 1.29 is 4.79 Å². The van der Waals surface area contributed by atoms with E-state index in [0.717, 1.165) is 60.9 Å². The highest BCUT2D eigenvalue weighted by atomic mass is 32.2. The van der Waals surface area contributed by atoms with Gasteiger partial charge in [-0.2, -0.15) is 4.98 Å². The molecule has 23 heavy (non-hydrogen) atoms. The highest BCUT2D eigenvalue weighted by Crippen LogP contribution is 2.24. The number of fused-ring (bicyclic) bond motifs is 1. The maximum Gasteiger partial charge on any atom is 0.253 e. The van der Waals surface area contributed by atoms with Gasteiger partial charge >= 0.3 is 0 Å². The molecule has 126 valence electrons. The molecule has 0 aromatic carbocycles. The molecule has 0 atom stereocenters. The van der Waals surface area contributed by atoms with Gasteiger partial charge in [-0.15, -0.1) is 5.10 Å². The maximum absolute atomic E-state index is 12.8. The van der Waals surface area contributed by atoms with Gasteiger partial charge < -0.3 is 15.1 Å². The monoisotopic (exact) mass is 336 g/mol. The van der Waals surface area contributed by atoms with Gasteiger partial charge in [-0.05, 0) is 19.2 Å². The summed E-state index contributed by atoms with van der Waals surface area (Å²) in [6.07, 6.45) is 0. The van der Waals surface area contributed by atoms with Gasteiger partial charge in [-0.3, -0.25) is 4.79 Å². The van der Waals surface area contributed by atoms with Crippen LogP contribution in [0, 0.1) is 0 Å². The number of piperazine rings is 1. The van der Waals surface area contributed by atoms with E-state index in [1.165, 1.54) is 0 Å². The van der Waals surface area contributed by atoms with Gasteiger partial charge in [-0.1, -0.05) is 25.6 Å². The van der Waals surface area contributed by atoms with Crippen LogP contribution in [0.3, 0.4) is 0 Å². The van der Waals surface area contributed by atoms with Crippen LogP contribution in [0.15, 0.2) is 16.4 Å². The predicted molar refractivity (Wildman–Crippen MR) is 91.4 cm³/mol. The minimum Gasteiger partial charge on any atom is -0.336 e. The van der Waals surface area contributed by atoms with E-state index < -0.39 is 0 Å². The number of aromatic nitrogens is 3. The summed E-state index contributed by atoms with van der Waals surface area (Å²) in [6.45, 7) is 11.2. The molecule has 0 saturated carbocycles. The predicted octanol–water partition coefficient (Wildman–Crippen LogP) is 1.25. The van der Waals surface area contributed by atoms with E-state index in [-0.39, 0.29) is 5.91 Å². The van der Waals surface area contributed by atoms with Crippen LogP contribution in [0.25, 0.3) is 0 Å². The SMILES string of the molecule is CCSc1nc2n(n1)CC(C(=O)N1CCN(CC)CC1)=C(C)N2. The highest BCUT2D eigenvalue weighted by Gasteiger charge is 2.28. The van der Waals surface area contributed by atoms with Crippen LogP contribution in [-0.2, 0) is 11.3 Å². The molecule has 1 aromatic heterocycles. The molecule has 1 aromatic rings. The minimum absolute atomic E-state index is 0.122. The summed E-state index contributed by atoms with van der Waals surface area (Å²) in [4.78, 5) is 21.6. The van der Waals surface area contributed by atoms with Crippen LogP contribution in [0.1, 0.15) is 20.8 Å². The molecular formula is C15H24N6OS. The van der Waals surface area contributed by atoms with E-state index in [9.17, 15) is 4.79 Å². The number of carbonyl (C=O) groups is 1. The van der Waals surface area contributed by atoms with Gasteiger partial charge in [0.15, 0.2) is 0 Å². The number of hydrogen-bond acceptors (Lipinski definition) is 6. The second-order valence-electron chi connectivity index (χ2n) is 5.76. The number of rotatable bonds is 4. The lowest BCUT2D eigenvalue weighted by atomic mass is 10.1. The van der Waals surface area contributed by atoms with Crippen molar-refractivity contribution in [3.63, 3.8) is 0 Å². The third-order valence-corrected chi connectivity index (χ3v) is 5.07. The van der Waals surface area contributed by atoms with Gasteiger partial charge in [0.05, 0.1) is 12.1 Å². The summed E-state index contributed by atoms with van der Waals surface area (Å²) < 4.78 is 1.79. The Bertz CT molecular complexity index is 617. The van der Waals surface area contributed by atoms with Gasteiger partial charge in [0.2, 0.25) is 11.1 Å². The smallest absolute Gasteiger partial charge is 0.253 e. The van der Waals surface area contributed by atoms with Crippen LogP contribution < -0.4 is 5.32 Å². The minimum atomic E-state index is 0.122. The van der Waals surface area contributed by atoms with Crippen LogP contribution in [0.4, 0.5) is 5.95 Å². The molecule has 0 aliphatic carbocycles. The first-order chi connectivity index (χ1) is 11.1. The molecule has 3 heterocycles. The topological polar surface area (TPSA) is 66.3 Å². The molecule has 0 radical (unpaired) electrons. The van der Waals surface area contributed by atoms with Crippen molar-refractivity contribution >= 4 is 23.6 Å². The summed E-state index contributed by atoms with van der Waals surface area (Å²) in [5.74, 6) is 1.78. The lowest BCUT2D eigenvalue weighted by Gasteiger charge is -2.35. The van der Waals surface area contributed by atoms with Crippen molar-refractivity contribution in [1.29, 1.82) is 0 Å². The molecule has 3 rings (SSSR count). The molecule has 0 spiro atoms. The fraction of sp³-hybridized carbons (Fsp3) is 0.667. The lowest BCUT2D eigenvalue weighted by Crippen LogP contribution is -2.49. The summed E-state index contributed by atoms with van der Waals surface area (Å²) in [5.41, 5.74) is 1.68. The fourth-order valence-electron chi connectivity index (χ4n) is 2.91. The van der Waals surface area contributed by atoms with Crippen LogP contribution >= 0.6 is 11.8 Å². The fourth-order valence-corrected chi connectivity index (χ4v) is 3.48. The number of hydrogen-bond donors (Lipinski definition) is 1. The second-order valence-corrected chi connectivity index (χ2v) is 6.99. The van der Waals surface area contributed by atoms with Gasteiger partial charge in [0.1, 0.15) is 0 Å². The molecule has 1 amide bonds. The first-order valence-electron chi connectivity index (χ1n) is 8.18. The van der Waals surface area contributed by atoms with Crippen LogP contribution in [-0.4, -0.2) is 68.9 Å². The highest BCUT2D eigenvalue weighted by molar-refractivity contribution is 7.99. The standard InChI is InChI=1S/C15H24N6OS/c1-4-19-6-8-20(9-7-19)13(22)12-10-21-14(16-11(12)3)17-15(18-21)23-5-2/h4-10H2,1-3H3,(H,16,17,18). The van der Waals surface area contributed by atoms with Crippen molar-refractivity contribution in [1.82, 2.24) is 24.6 Å².